The summed E-state index contributed by atoms with van der Waals surface area (Å²) in [6.45, 7) is 4.72. The van der Waals surface area contributed by atoms with Crippen molar-refractivity contribution in [2.75, 3.05) is 4.90 Å². The van der Waals surface area contributed by atoms with Crippen LogP contribution in [0.3, 0.4) is 0 Å². The number of anilines is 3. The molecule has 71 heavy (non-hydrogen) atoms. The average molecular weight is 905 g/mol. The Labute approximate surface area is 414 Å². The molecule has 2 heteroatoms. The first-order valence-corrected chi connectivity index (χ1v) is 24.7. The van der Waals surface area contributed by atoms with Gasteiger partial charge in [0.1, 0.15) is 0 Å². The summed E-state index contributed by atoms with van der Waals surface area (Å²) in [6.07, 6.45) is 0. The Kier molecular flexibility index (Phi) is 9.28. The van der Waals surface area contributed by atoms with Crippen LogP contribution in [0.2, 0.25) is 0 Å². The molecule has 1 heterocycles. The SMILES string of the molecule is CC1(C)c2ccccc2-c2ccc(-n3c4ccccc4c4cc(N(c5ccc(-c6ccc7ccccc7c6)cc5)c5ccc(-c6c7ccccc7c(-c7ccccc7)c7ccccc67)cc5)ccc43)cc21. The Balaban J connectivity index is 0.925. The minimum atomic E-state index is -0.0976. The third-order valence-electron chi connectivity index (χ3n) is 15.4. The standard InChI is InChI=1S/C69H48N2/c1-69(2)63-26-14-12-20-55(63)56-40-38-54(44-64(56)69)71-65-27-15-13-21-57(65)62-43-53(39-41-66(62)71)70(51-34-30-46(31-35-51)50-29-28-45-16-6-7-19-49(45)42-50)52-36-32-48(33-37-52)68-60-24-10-8-22-58(60)67(47-17-4-3-5-18-47)59-23-9-11-25-61(59)68/h3-44H,1-2H3. The monoisotopic (exact) mass is 904 g/mol. The molecule has 0 fully saturated rings. The molecule has 12 aromatic carbocycles. The van der Waals surface area contributed by atoms with E-state index in [1.54, 1.807) is 0 Å². The van der Waals surface area contributed by atoms with Crippen LogP contribution in [0.4, 0.5) is 17.1 Å². The fourth-order valence-corrected chi connectivity index (χ4v) is 12.0. The highest BCUT2D eigenvalue weighted by molar-refractivity contribution is 6.21. The lowest BCUT2D eigenvalue weighted by Gasteiger charge is -2.26. The van der Waals surface area contributed by atoms with Gasteiger partial charge < -0.3 is 9.47 Å². The molecule has 0 unspecified atom stereocenters. The van der Waals surface area contributed by atoms with Crippen LogP contribution in [0.5, 0.6) is 0 Å². The largest absolute Gasteiger partial charge is 0.310 e. The van der Waals surface area contributed by atoms with E-state index in [1.165, 1.54) is 115 Å². The number of rotatable bonds is 7. The quantitative estimate of drug-likeness (QED) is 0.145. The second-order valence-electron chi connectivity index (χ2n) is 19.7. The molecule has 0 amide bonds. The van der Waals surface area contributed by atoms with Gasteiger partial charge in [0.15, 0.2) is 0 Å². The Morgan fingerprint density at radius 2 is 0.817 bits per heavy atom. The van der Waals surface area contributed by atoms with E-state index in [0.717, 1.165) is 17.1 Å². The number of hydrogen-bond acceptors (Lipinski definition) is 1. The second kappa shape index (κ2) is 16.1. The van der Waals surface area contributed by atoms with Crippen molar-refractivity contribution in [1.82, 2.24) is 4.57 Å². The second-order valence-corrected chi connectivity index (χ2v) is 19.7. The number of benzene rings is 12. The van der Waals surface area contributed by atoms with Gasteiger partial charge in [-0.25, -0.2) is 0 Å². The summed E-state index contributed by atoms with van der Waals surface area (Å²) in [4.78, 5) is 2.42. The smallest absolute Gasteiger partial charge is 0.0542 e. The van der Waals surface area contributed by atoms with Gasteiger partial charge in [-0.15, -0.1) is 0 Å². The molecule has 0 saturated heterocycles. The van der Waals surface area contributed by atoms with Crippen molar-refractivity contribution in [3.63, 3.8) is 0 Å². The van der Waals surface area contributed by atoms with E-state index in [4.69, 9.17) is 0 Å². The van der Waals surface area contributed by atoms with Crippen LogP contribution < -0.4 is 4.90 Å². The third-order valence-corrected chi connectivity index (χ3v) is 15.4. The molecule has 0 N–H and O–H groups in total. The molecule has 0 radical (unpaired) electrons. The van der Waals surface area contributed by atoms with Crippen molar-refractivity contribution < 1.29 is 0 Å². The molecule has 13 aromatic rings. The van der Waals surface area contributed by atoms with Crippen molar-refractivity contribution >= 4 is 71.2 Å². The zero-order valence-corrected chi connectivity index (χ0v) is 39.6. The maximum atomic E-state index is 2.46. The van der Waals surface area contributed by atoms with Crippen LogP contribution in [0.15, 0.2) is 255 Å². The van der Waals surface area contributed by atoms with Gasteiger partial charge in [-0.1, -0.05) is 202 Å². The van der Waals surface area contributed by atoms with Gasteiger partial charge in [-0.2, -0.15) is 0 Å². The zero-order valence-electron chi connectivity index (χ0n) is 39.6. The van der Waals surface area contributed by atoms with Gasteiger partial charge in [0.05, 0.1) is 11.0 Å². The summed E-state index contributed by atoms with van der Waals surface area (Å²) in [5.41, 5.74) is 19.5. The molecular weight excluding hydrogens is 857 g/mol. The maximum absolute atomic E-state index is 2.46. The molecule has 1 aliphatic rings. The number of aromatic nitrogens is 1. The van der Waals surface area contributed by atoms with Crippen LogP contribution in [0.1, 0.15) is 25.0 Å². The maximum Gasteiger partial charge on any atom is 0.0542 e. The number of nitrogens with zero attached hydrogens (tertiary/aromatic N) is 2. The highest BCUT2D eigenvalue weighted by Crippen LogP contribution is 2.50. The Morgan fingerprint density at radius 3 is 1.51 bits per heavy atom. The molecule has 14 rings (SSSR count). The Bertz CT molecular complexity index is 4180. The number of para-hydroxylation sites is 1. The summed E-state index contributed by atoms with van der Waals surface area (Å²) in [6, 6.07) is 94.2. The fourth-order valence-electron chi connectivity index (χ4n) is 12.0. The van der Waals surface area contributed by atoms with Gasteiger partial charge in [0, 0.05) is 38.9 Å². The summed E-state index contributed by atoms with van der Waals surface area (Å²) in [5, 5.41) is 9.94. The minimum absolute atomic E-state index is 0.0976. The van der Waals surface area contributed by atoms with Crippen molar-refractivity contribution in [3.05, 3.63) is 266 Å². The van der Waals surface area contributed by atoms with E-state index >= 15 is 0 Å². The zero-order chi connectivity index (χ0) is 47.2. The van der Waals surface area contributed by atoms with Crippen molar-refractivity contribution in [2.45, 2.75) is 19.3 Å². The first-order valence-electron chi connectivity index (χ1n) is 24.7. The average Bonchev–Trinajstić information content (AvgIpc) is 3.88. The minimum Gasteiger partial charge on any atom is -0.310 e. The van der Waals surface area contributed by atoms with E-state index < -0.39 is 0 Å². The molecule has 0 bridgehead atoms. The molecule has 0 atom stereocenters. The molecule has 1 aliphatic carbocycles. The predicted molar refractivity (Wildman–Crippen MR) is 302 cm³/mol. The Morgan fingerprint density at radius 1 is 0.310 bits per heavy atom. The summed E-state index contributed by atoms with van der Waals surface area (Å²) in [7, 11) is 0. The van der Waals surface area contributed by atoms with E-state index in [1.807, 2.05) is 0 Å². The number of hydrogen-bond donors (Lipinski definition) is 0. The van der Waals surface area contributed by atoms with Gasteiger partial charge in [0.25, 0.3) is 0 Å². The van der Waals surface area contributed by atoms with E-state index in [-0.39, 0.29) is 5.41 Å². The predicted octanol–water partition coefficient (Wildman–Crippen LogP) is 19.0. The summed E-state index contributed by atoms with van der Waals surface area (Å²) < 4.78 is 2.46. The highest BCUT2D eigenvalue weighted by Gasteiger charge is 2.35. The van der Waals surface area contributed by atoms with E-state index in [0.29, 0.717) is 0 Å². The molecule has 2 nitrogen and oxygen atoms in total. The van der Waals surface area contributed by atoms with Gasteiger partial charge in [0.2, 0.25) is 0 Å². The molecular formula is C69H48N2. The first kappa shape index (κ1) is 41.0. The molecule has 334 valence electrons. The fraction of sp³-hybridized carbons (Fsp3) is 0.0435. The van der Waals surface area contributed by atoms with E-state index in [2.05, 4.69) is 278 Å². The van der Waals surface area contributed by atoms with Crippen LogP contribution in [-0.4, -0.2) is 4.57 Å². The normalized spacial score (nSPS) is 12.8. The molecule has 0 spiro atoms. The van der Waals surface area contributed by atoms with Crippen LogP contribution >= 0.6 is 0 Å². The first-order chi connectivity index (χ1) is 35.0. The van der Waals surface area contributed by atoms with Crippen molar-refractivity contribution in [1.29, 1.82) is 0 Å². The van der Waals surface area contributed by atoms with E-state index in [9.17, 15) is 0 Å². The summed E-state index contributed by atoms with van der Waals surface area (Å²) >= 11 is 0. The summed E-state index contributed by atoms with van der Waals surface area (Å²) in [5.74, 6) is 0. The van der Waals surface area contributed by atoms with Crippen LogP contribution in [0.25, 0.3) is 104 Å². The number of fused-ring (bicyclic) bond motifs is 9. The van der Waals surface area contributed by atoms with Gasteiger partial charge >= 0.3 is 0 Å². The molecule has 0 saturated carbocycles. The Hall–Kier alpha value is -8.98. The lowest BCUT2D eigenvalue weighted by Crippen LogP contribution is -2.15. The lowest BCUT2D eigenvalue weighted by atomic mass is 9.82. The molecule has 1 aromatic heterocycles. The highest BCUT2D eigenvalue weighted by atomic mass is 15.1. The van der Waals surface area contributed by atoms with Crippen molar-refractivity contribution in [2.24, 2.45) is 0 Å². The molecule has 0 aliphatic heterocycles. The van der Waals surface area contributed by atoms with Crippen LogP contribution in [-0.2, 0) is 5.41 Å². The third kappa shape index (κ3) is 6.49. The lowest BCUT2D eigenvalue weighted by molar-refractivity contribution is 0.660. The van der Waals surface area contributed by atoms with Gasteiger partial charge in [-0.3, -0.25) is 0 Å². The topological polar surface area (TPSA) is 8.17 Å². The van der Waals surface area contributed by atoms with Gasteiger partial charge in [-0.05, 0) is 155 Å². The van der Waals surface area contributed by atoms with Crippen LogP contribution in [0, 0.1) is 0 Å². The van der Waals surface area contributed by atoms with Crippen molar-refractivity contribution in [3.8, 4) is 50.2 Å².